The molecule has 146 valence electrons. The van der Waals surface area contributed by atoms with Gasteiger partial charge in [-0.15, -0.1) is 0 Å². The van der Waals surface area contributed by atoms with E-state index in [4.69, 9.17) is 4.74 Å². The molecule has 2 fully saturated rings. The second-order valence-corrected chi connectivity index (χ2v) is 7.82. The number of anilines is 1. The van der Waals surface area contributed by atoms with Gasteiger partial charge < -0.3 is 15.0 Å². The van der Waals surface area contributed by atoms with Gasteiger partial charge in [-0.05, 0) is 44.7 Å². The Morgan fingerprint density at radius 1 is 1.15 bits per heavy atom. The van der Waals surface area contributed by atoms with Crippen LogP contribution in [-0.4, -0.2) is 41.9 Å². The molecule has 6 heteroatoms. The summed E-state index contributed by atoms with van der Waals surface area (Å²) < 4.78 is 5.19. The molecule has 3 rings (SSSR count). The molecule has 1 aromatic carbocycles. The van der Waals surface area contributed by atoms with Gasteiger partial charge in [0.05, 0.1) is 5.92 Å². The average Bonchev–Trinajstić information content (AvgIpc) is 3.25. The average molecular weight is 372 g/mol. The molecule has 0 spiro atoms. The zero-order chi connectivity index (χ0) is 19.6. The number of amides is 2. The van der Waals surface area contributed by atoms with Crippen LogP contribution in [0.2, 0.25) is 0 Å². The van der Waals surface area contributed by atoms with Gasteiger partial charge in [-0.3, -0.25) is 14.4 Å². The number of carbonyl (C=O) groups excluding carboxylic acids is 3. The first-order valence-electron chi connectivity index (χ1n) is 9.69. The van der Waals surface area contributed by atoms with Crippen molar-refractivity contribution in [2.24, 2.45) is 5.92 Å². The van der Waals surface area contributed by atoms with Crippen LogP contribution in [0.15, 0.2) is 12.1 Å². The van der Waals surface area contributed by atoms with Crippen LogP contribution in [-0.2, 0) is 19.1 Å². The number of esters is 1. The molecular weight excluding hydrogens is 344 g/mol. The summed E-state index contributed by atoms with van der Waals surface area (Å²) in [4.78, 5) is 38.5. The lowest BCUT2D eigenvalue weighted by molar-refractivity contribution is -0.151. The van der Waals surface area contributed by atoms with E-state index in [0.717, 1.165) is 48.1 Å². The van der Waals surface area contributed by atoms with Gasteiger partial charge in [-0.25, -0.2) is 0 Å². The van der Waals surface area contributed by atoms with E-state index in [0.29, 0.717) is 6.54 Å². The number of nitrogens with one attached hydrogen (secondary N) is 1. The van der Waals surface area contributed by atoms with Gasteiger partial charge in [-0.2, -0.15) is 0 Å². The van der Waals surface area contributed by atoms with Crippen molar-refractivity contribution in [3.05, 3.63) is 28.8 Å². The van der Waals surface area contributed by atoms with Crippen LogP contribution in [0.5, 0.6) is 0 Å². The molecule has 1 atom stereocenters. The van der Waals surface area contributed by atoms with Gasteiger partial charge >= 0.3 is 5.97 Å². The smallest absolute Gasteiger partial charge is 0.311 e. The minimum Gasteiger partial charge on any atom is -0.455 e. The quantitative estimate of drug-likeness (QED) is 0.807. The van der Waals surface area contributed by atoms with Crippen LogP contribution in [0, 0.1) is 26.7 Å². The molecule has 27 heavy (non-hydrogen) atoms. The number of carbonyl (C=O) groups is 3. The van der Waals surface area contributed by atoms with E-state index in [2.05, 4.69) is 5.32 Å². The van der Waals surface area contributed by atoms with Gasteiger partial charge in [0.1, 0.15) is 0 Å². The summed E-state index contributed by atoms with van der Waals surface area (Å²) >= 11 is 0. The highest BCUT2D eigenvalue weighted by Gasteiger charge is 2.39. The van der Waals surface area contributed by atoms with E-state index in [1.807, 2.05) is 37.8 Å². The molecule has 1 heterocycles. The van der Waals surface area contributed by atoms with Crippen molar-refractivity contribution < 1.29 is 19.1 Å². The van der Waals surface area contributed by atoms with E-state index in [1.54, 1.807) is 0 Å². The number of ether oxygens (including phenoxy) is 1. The molecule has 0 aromatic heterocycles. The fraction of sp³-hybridized carbons (Fsp3) is 0.571. The van der Waals surface area contributed by atoms with Crippen molar-refractivity contribution in [3.8, 4) is 0 Å². The highest BCUT2D eigenvalue weighted by Crippen LogP contribution is 2.30. The predicted octanol–water partition coefficient (Wildman–Crippen LogP) is 2.88. The highest BCUT2D eigenvalue weighted by molar-refractivity contribution is 5.95. The zero-order valence-corrected chi connectivity index (χ0v) is 16.3. The second kappa shape index (κ2) is 8.11. The lowest BCUT2D eigenvalue weighted by Crippen LogP contribution is -2.35. The number of rotatable bonds is 5. The minimum atomic E-state index is -0.464. The van der Waals surface area contributed by atoms with Crippen LogP contribution < -0.4 is 5.32 Å². The summed E-state index contributed by atoms with van der Waals surface area (Å²) in [6.07, 6.45) is 4.51. The first-order chi connectivity index (χ1) is 12.8. The standard InChI is InChI=1S/C21H28N2O4/c1-13-8-14(2)20(15(3)9-13)22-18(24)12-27-21(26)16-10-19(25)23(11-16)17-6-4-5-7-17/h8-9,16-17H,4-7,10-12H2,1-3H3,(H,22,24)/t16-/m1/s1. The number of benzene rings is 1. The van der Waals surface area contributed by atoms with Crippen molar-refractivity contribution >= 4 is 23.5 Å². The van der Waals surface area contributed by atoms with Crippen molar-refractivity contribution in [2.75, 3.05) is 18.5 Å². The van der Waals surface area contributed by atoms with E-state index < -0.39 is 11.9 Å². The third-order valence-corrected chi connectivity index (χ3v) is 5.54. The van der Waals surface area contributed by atoms with E-state index in [1.165, 1.54) is 0 Å². The Kier molecular flexibility index (Phi) is 5.82. The summed E-state index contributed by atoms with van der Waals surface area (Å²) in [5.41, 5.74) is 3.83. The maximum absolute atomic E-state index is 12.3. The molecule has 1 aliphatic carbocycles. The lowest BCUT2D eigenvalue weighted by atomic mass is 10.1. The summed E-state index contributed by atoms with van der Waals surface area (Å²) in [7, 11) is 0. The summed E-state index contributed by atoms with van der Waals surface area (Å²) in [5, 5.41) is 2.82. The van der Waals surface area contributed by atoms with Crippen LogP contribution in [0.3, 0.4) is 0 Å². The molecule has 1 aliphatic heterocycles. The fourth-order valence-corrected chi connectivity index (χ4v) is 4.27. The molecule has 6 nitrogen and oxygen atoms in total. The van der Waals surface area contributed by atoms with Crippen LogP contribution >= 0.6 is 0 Å². The summed E-state index contributed by atoms with van der Waals surface area (Å²) in [6, 6.07) is 4.26. The second-order valence-electron chi connectivity index (χ2n) is 7.82. The molecule has 2 aliphatic rings. The lowest BCUT2D eigenvalue weighted by Gasteiger charge is -2.23. The van der Waals surface area contributed by atoms with Crippen molar-refractivity contribution in [3.63, 3.8) is 0 Å². The fourth-order valence-electron chi connectivity index (χ4n) is 4.27. The van der Waals surface area contributed by atoms with Crippen molar-refractivity contribution in [2.45, 2.75) is 58.9 Å². The topological polar surface area (TPSA) is 75.7 Å². The van der Waals surface area contributed by atoms with Crippen LogP contribution in [0.4, 0.5) is 5.69 Å². The monoisotopic (exact) mass is 372 g/mol. The Hall–Kier alpha value is -2.37. The third kappa shape index (κ3) is 4.49. The van der Waals surface area contributed by atoms with Gasteiger partial charge in [0.25, 0.3) is 5.91 Å². The van der Waals surface area contributed by atoms with Gasteiger partial charge in [0.15, 0.2) is 6.61 Å². The van der Waals surface area contributed by atoms with Gasteiger partial charge in [0, 0.05) is 24.7 Å². The summed E-state index contributed by atoms with van der Waals surface area (Å²) in [6.45, 7) is 5.96. The van der Waals surface area contributed by atoms with E-state index >= 15 is 0 Å². The van der Waals surface area contributed by atoms with Gasteiger partial charge in [-0.1, -0.05) is 30.5 Å². The third-order valence-electron chi connectivity index (χ3n) is 5.54. The number of nitrogens with zero attached hydrogens (tertiary/aromatic N) is 1. The first kappa shape index (κ1) is 19.4. The SMILES string of the molecule is Cc1cc(C)c(NC(=O)COC(=O)[C@@H]2CC(=O)N(C3CCCC3)C2)c(C)c1. The number of hydrogen-bond donors (Lipinski definition) is 1. The molecular formula is C21H28N2O4. The van der Waals surface area contributed by atoms with Gasteiger partial charge in [0.2, 0.25) is 5.91 Å². The Bertz CT molecular complexity index is 730. The van der Waals surface area contributed by atoms with Crippen molar-refractivity contribution in [1.29, 1.82) is 0 Å². The van der Waals surface area contributed by atoms with Crippen molar-refractivity contribution in [1.82, 2.24) is 4.90 Å². The number of aryl methyl sites for hydroxylation is 3. The summed E-state index contributed by atoms with van der Waals surface area (Å²) in [5.74, 6) is -1.26. The maximum Gasteiger partial charge on any atom is 0.311 e. The van der Waals surface area contributed by atoms with E-state index in [-0.39, 0.29) is 30.9 Å². The molecule has 2 amide bonds. The molecule has 1 aromatic rings. The molecule has 1 saturated heterocycles. The Balaban J connectivity index is 1.50. The predicted molar refractivity (Wildman–Crippen MR) is 102 cm³/mol. The molecule has 1 N–H and O–H groups in total. The van der Waals surface area contributed by atoms with Crippen LogP contribution in [0.1, 0.15) is 48.8 Å². The molecule has 0 bridgehead atoms. The van der Waals surface area contributed by atoms with E-state index in [9.17, 15) is 14.4 Å². The largest absolute Gasteiger partial charge is 0.455 e. The Morgan fingerprint density at radius 3 is 2.41 bits per heavy atom. The Morgan fingerprint density at radius 2 is 1.78 bits per heavy atom. The number of hydrogen-bond acceptors (Lipinski definition) is 4. The molecule has 1 saturated carbocycles. The van der Waals surface area contributed by atoms with Crippen LogP contribution in [0.25, 0.3) is 0 Å². The first-order valence-corrected chi connectivity index (χ1v) is 9.69. The zero-order valence-electron chi connectivity index (χ0n) is 16.3. The normalized spacial score (nSPS) is 20.2. The molecule has 0 radical (unpaired) electrons. The molecule has 0 unspecified atom stereocenters. The minimum absolute atomic E-state index is 0.0270. The highest BCUT2D eigenvalue weighted by atomic mass is 16.5. The number of likely N-dealkylation sites (tertiary alicyclic amines) is 1. The Labute approximate surface area is 160 Å². The maximum atomic E-state index is 12.3.